The maximum atomic E-state index is 2.58. The molecule has 2 aliphatic rings. The van der Waals surface area contributed by atoms with Crippen LogP contribution < -0.4 is 0 Å². The van der Waals surface area contributed by atoms with Crippen molar-refractivity contribution in [1.29, 1.82) is 0 Å². The van der Waals surface area contributed by atoms with Gasteiger partial charge in [-0.1, -0.05) is 0 Å². The summed E-state index contributed by atoms with van der Waals surface area (Å²) in [6.45, 7) is 0. The first-order chi connectivity index (χ1) is 9.84. The Hall–Kier alpha value is -1.20. The van der Waals surface area contributed by atoms with E-state index in [1.165, 1.54) is 11.1 Å². The Balaban J connectivity index is 1.69. The van der Waals surface area contributed by atoms with E-state index < -0.39 is 21.8 Å². The Kier molecular flexibility index (Phi) is 3.12. The number of benzene rings is 2. The van der Waals surface area contributed by atoms with Crippen LogP contribution in [0.3, 0.4) is 0 Å². The fourth-order valence-corrected chi connectivity index (χ4v) is 10.1. The molecule has 0 fully saturated rings. The molecule has 0 heterocycles. The molecule has 1 heteroatoms. The van der Waals surface area contributed by atoms with Crippen molar-refractivity contribution in [1.82, 2.24) is 0 Å². The van der Waals surface area contributed by atoms with E-state index in [4.69, 9.17) is 0 Å². The summed E-state index contributed by atoms with van der Waals surface area (Å²) in [4.78, 5) is 0. The molecule has 0 aromatic heterocycles. The second kappa shape index (κ2) is 4.97. The quantitative estimate of drug-likeness (QED) is 0.708. The van der Waals surface area contributed by atoms with Gasteiger partial charge in [-0.05, 0) is 0 Å². The van der Waals surface area contributed by atoms with E-state index in [9.17, 15) is 0 Å². The van der Waals surface area contributed by atoms with Crippen LogP contribution in [0.2, 0.25) is 4.63 Å². The van der Waals surface area contributed by atoms with Crippen LogP contribution in [0, 0.1) is 0 Å². The minimum atomic E-state index is -1.60. The molecule has 0 radical (unpaired) electrons. The molecule has 2 aromatic carbocycles. The van der Waals surface area contributed by atoms with Gasteiger partial charge in [0.15, 0.2) is 0 Å². The van der Waals surface area contributed by atoms with Gasteiger partial charge >= 0.3 is 129 Å². The van der Waals surface area contributed by atoms with E-state index in [0.29, 0.717) is 0 Å². The Labute approximate surface area is 128 Å². The summed E-state index contributed by atoms with van der Waals surface area (Å²) in [5.74, 6) is 0. The van der Waals surface area contributed by atoms with Crippen molar-refractivity contribution < 1.29 is 21.8 Å². The van der Waals surface area contributed by atoms with Crippen LogP contribution in [0.1, 0.15) is 29.5 Å². The molecule has 0 N–H and O–H groups in total. The van der Waals surface area contributed by atoms with Crippen molar-refractivity contribution >= 4 is 12.2 Å². The predicted molar refractivity (Wildman–Crippen MR) is 82.3 cm³/mol. The van der Waals surface area contributed by atoms with Crippen LogP contribution in [0.4, 0.5) is 0 Å². The summed E-state index contributed by atoms with van der Waals surface area (Å²) in [6.07, 6.45) is 9.59. The predicted octanol–water partition coefficient (Wildman–Crippen LogP) is 5.19. The summed E-state index contributed by atoms with van der Waals surface area (Å²) in [7, 11) is 0. The first-order valence-corrected chi connectivity index (χ1v) is 12.5. The standard InChI is InChI=1S/2C9H7.CH3.Zr/c2*1-2-5-9-7-3-6-8(9)4-1;;/h2*1-7H;1H3;. The Bertz CT molecular complexity index is 650. The summed E-state index contributed by atoms with van der Waals surface area (Å²) in [6, 6.07) is 17.8. The Morgan fingerprint density at radius 2 is 1.15 bits per heavy atom. The van der Waals surface area contributed by atoms with Crippen molar-refractivity contribution in [3.8, 4) is 0 Å². The molecule has 0 bridgehead atoms. The van der Waals surface area contributed by atoms with Gasteiger partial charge < -0.3 is 0 Å². The Morgan fingerprint density at radius 3 is 1.65 bits per heavy atom. The minimum absolute atomic E-state index is 0.731. The van der Waals surface area contributed by atoms with Gasteiger partial charge in [0.1, 0.15) is 0 Å². The van der Waals surface area contributed by atoms with Gasteiger partial charge in [-0.15, -0.1) is 0 Å². The average Bonchev–Trinajstić information content (AvgIpc) is 3.11. The van der Waals surface area contributed by atoms with Crippen LogP contribution in [0.25, 0.3) is 12.2 Å². The van der Waals surface area contributed by atoms with Crippen LogP contribution in [0.5, 0.6) is 0 Å². The van der Waals surface area contributed by atoms with Crippen LogP contribution in [0.15, 0.2) is 60.7 Å². The molecule has 2 atom stereocenters. The van der Waals surface area contributed by atoms with Crippen molar-refractivity contribution in [2.24, 2.45) is 0 Å². The third-order valence-corrected chi connectivity index (χ3v) is 11.9. The molecule has 0 amide bonds. The van der Waals surface area contributed by atoms with Crippen LogP contribution in [-0.2, 0) is 21.8 Å². The SMILES string of the molecule is [CH3][Zr]([CH]1C=Cc2ccccc21)[CH]1C=Cc2ccccc21. The molecule has 0 saturated heterocycles. The number of fused-ring (bicyclic) bond motifs is 2. The molecular formula is C19H17Zr. The van der Waals surface area contributed by atoms with Crippen LogP contribution in [-0.4, -0.2) is 0 Å². The number of hydrogen-bond acceptors (Lipinski definition) is 0. The van der Waals surface area contributed by atoms with Gasteiger partial charge in [-0.2, -0.15) is 0 Å². The zero-order valence-electron chi connectivity index (χ0n) is 11.6. The van der Waals surface area contributed by atoms with E-state index >= 15 is 0 Å². The first kappa shape index (κ1) is 12.5. The Morgan fingerprint density at radius 1 is 0.700 bits per heavy atom. The molecular weight excluding hydrogens is 319 g/mol. The molecule has 2 aliphatic carbocycles. The third-order valence-electron chi connectivity index (χ3n) is 4.58. The molecule has 4 rings (SSSR count). The number of hydrogen-bond donors (Lipinski definition) is 0. The van der Waals surface area contributed by atoms with Gasteiger partial charge in [0.2, 0.25) is 0 Å². The van der Waals surface area contributed by atoms with E-state index in [2.05, 4.69) is 77.5 Å². The van der Waals surface area contributed by atoms with Crippen molar-refractivity contribution in [2.75, 3.05) is 0 Å². The number of rotatable bonds is 2. The van der Waals surface area contributed by atoms with Gasteiger partial charge in [-0.25, -0.2) is 0 Å². The molecule has 0 spiro atoms. The van der Waals surface area contributed by atoms with E-state index in [1.54, 1.807) is 11.1 Å². The van der Waals surface area contributed by atoms with Gasteiger partial charge in [0, 0.05) is 0 Å². The molecule has 97 valence electrons. The zero-order chi connectivity index (χ0) is 13.5. The molecule has 0 nitrogen and oxygen atoms in total. The van der Waals surface area contributed by atoms with Gasteiger partial charge in [-0.3, -0.25) is 0 Å². The number of allylic oxidation sites excluding steroid dienone is 2. The van der Waals surface area contributed by atoms with Crippen LogP contribution >= 0.6 is 0 Å². The fraction of sp³-hybridized carbons (Fsp3) is 0.158. The van der Waals surface area contributed by atoms with E-state index in [0.717, 1.165) is 7.25 Å². The van der Waals surface area contributed by atoms with Crippen molar-refractivity contribution in [2.45, 2.75) is 11.9 Å². The first-order valence-electron chi connectivity index (χ1n) is 7.22. The van der Waals surface area contributed by atoms with E-state index in [-0.39, 0.29) is 0 Å². The fourth-order valence-electron chi connectivity index (χ4n) is 3.49. The maximum absolute atomic E-state index is 2.58. The van der Waals surface area contributed by atoms with Gasteiger partial charge in [0.05, 0.1) is 0 Å². The van der Waals surface area contributed by atoms with Gasteiger partial charge in [0.25, 0.3) is 0 Å². The summed E-state index contributed by atoms with van der Waals surface area (Å²) >= 11 is -1.60. The second-order valence-electron chi connectivity index (χ2n) is 5.68. The normalized spacial score (nSPS) is 21.9. The molecule has 20 heavy (non-hydrogen) atoms. The topological polar surface area (TPSA) is 0 Å². The van der Waals surface area contributed by atoms with E-state index in [1.807, 2.05) is 0 Å². The molecule has 2 unspecified atom stereocenters. The molecule has 2 aromatic rings. The molecule has 0 aliphatic heterocycles. The van der Waals surface area contributed by atoms with Crippen molar-refractivity contribution in [3.05, 3.63) is 82.9 Å². The summed E-state index contributed by atoms with van der Waals surface area (Å²) in [5, 5.41) is 0. The zero-order valence-corrected chi connectivity index (χ0v) is 14.0. The monoisotopic (exact) mass is 335 g/mol. The van der Waals surface area contributed by atoms with Crippen molar-refractivity contribution in [3.63, 3.8) is 0 Å². The average molecular weight is 337 g/mol. The molecule has 0 saturated carbocycles. The summed E-state index contributed by atoms with van der Waals surface area (Å²) in [5.41, 5.74) is 6.02. The third kappa shape index (κ3) is 1.92. The second-order valence-corrected chi connectivity index (χ2v) is 12.4. The summed E-state index contributed by atoms with van der Waals surface area (Å²) < 4.78 is 4.04.